The van der Waals surface area contributed by atoms with Crippen LogP contribution in [0.2, 0.25) is 0 Å². The SMILES string of the molecule is Cn1nccc1-c1ccc(CNC(=O)c2ccc(S(=O)(=O)N3CCOCC3)cc2)cn1. The van der Waals surface area contributed by atoms with Crippen LogP contribution in [-0.2, 0) is 28.4 Å². The number of pyridine rings is 1. The molecule has 9 nitrogen and oxygen atoms in total. The number of nitrogens with zero attached hydrogens (tertiary/aromatic N) is 4. The molecule has 1 amide bonds. The number of amides is 1. The topological polar surface area (TPSA) is 106 Å². The van der Waals surface area contributed by atoms with Crippen molar-refractivity contribution in [2.24, 2.45) is 7.05 Å². The maximum absolute atomic E-state index is 12.7. The molecule has 1 aliphatic heterocycles. The van der Waals surface area contributed by atoms with Gasteiger partial charge in [0.2, 0.25) is 10.0 Å². The quantitative estimate of drug-likeness (QED) is 0.620. The minimum Gasteiger partial charge on any atom is -0.379 e. The summed E-state index contributed by atoms with van der Waals surface area (Å²) in [5.74, 6) is -0.286. The highest BCUT2D eigenvalue weighted by Gasteiger charge is 2.26. The van der Waals surface area contributed by atoms with Gasteiger partial charge < -0.3 is 10.1 Å². The van der Waals surface area contributed by atoms with E-state index in [1.165, 1.54) is 28.6 Å². The molecule has 2 aromatic heterocycles. The molecule has 0 spiro atoms. The fourth-order valence-corrected chi connectivity index (χ4v) is 4.71. The molecule has 0 saturated carbocycles. The summed E-state index contributed by atoms with van der Waals surface area (Å²) in [6.45, 7) is 1.75. The highest BCUT2D eigenvalue weighted by molar-refractivity contribution is 7.89. The second-order valence-corrected chi connectivity index (χ2v) is 9.05. The Morgan fingerprint density at radius 1 is 1.10 bits per heavy atom. The maximum atomic E-state index is 12.7. The van der Waals surface area contributed by atoms with Crippen LogP contribution in [0.1, 0.15) is 15.9 Å². The van der Waals surface area contributed by atoms with E-state index in [1.54, 1.807) is 17.1 Å². The first kappa shape index (κ1) is 21.2. The summed E-state index contributed by atoms with van der Waals surface area (Å²) in [6.07, 6.45) is 3.42. The normalized spacial score (nSPS) is 15.0. The Labute approximate surface area is 180 Å². The largest absolute Gasteiger partial charge is 0.379 e. The summed E-state index contributed by atoms with van der Waals surface area (Å²) in [6, 6.07) is 11.6. The lowest BCUT2D eigenvalue weighted by atomic mass is 10.2. The van der Waals surface area contributed by atoms with E-state index in [0.717, 1.165) is 17.0 Å². The van der Waals surface area contributed by atoms with Crippen LogP contribution in [0.25, 0.3) is 11.4 Å². The molecular weight excluding hydrogens is 418 g/mol. The number of hydrogen-bond acceptors (Lipinski definition) is 6. The molecular formula is C21H23N5O4S. The fraction of sp³-hybridized carbons (Fsp3) is 0.286. The van der Waals surface area contributed by atoms with Gasteiger partial charge in [-0.1, -0.05) is 6.07 Å². The number of rotatable bonds is 6. The highest BCUT2D eigenvalue weighted by atomic mass is 32.2. The molecule has 1 saturated heterocycles. The Morgan fingerprint density at radius 2 is 1.84 bits per heavy atom. The van der Waals surface area contributed by atoms with E-state index in [4.69, 9.17) is 4.74 Å². The molecule has 1 fully saturated rings. The molecule has 0 atom stereocenters. The molecule has 31 heavy (non-hydrogen) atoms. The maximum Gasteiger partial charge on any atom is 0.251 e. The van der Waals surface area contributed by atoms with E-state index in [9.17, 15) is 13.2 Å². The zero-order valence-electron chi connectivity index (χ0n) is 17.1. The monoisotopic (exact) mass is 441 g/mol. The summed E-state index contributed by atoms with van der Waals surface area (Å²) in [5.41, 5.74) is 2.95. The number of ether oxygens (including phenoxy) is 1. The van der Waals surface area contributed by atoms with Gasteiger partial charge in [-0.2, -0.15) is 9.40 Å². The highest BCUT2D eigenvalue weighted by Crippen LogP contribution is 2.18. The van der Waals surface area contributed by atoms with Crippen molar-refractivity contribution >= 4 is 15.9 Å². The van der Waals surface area contributed by atoms with Crippen LogP contribution in [0.4, 0.5) is 0 Å². The predicted octanol–water partition coefficient (Wildman–Crippen LogP) is 1.43. The molecule has 3 heterocycles. The first-order valence-corrected chi connectivity index (χ1v) is 11.3. The lowest BCUT2D eigenvalue weighted by Gasteiger charge is -2.26. The van der Waals surface area contributed by atoms with Gasteiger partial charge in [0.15, 0.2) is 0 Å². The van der Waals surface area contributed by atoms with E-state index in [2.05, 4.69) is 15.4 Å². The van der Waals surface area contributed by atoms with Gasteiger partial charge in [0.25, 0.3) is 5.91 Å². The third-order valence-electron chi connectivity index (χ3n) is 5.09. The number of nitrogens with one attached hydrogen (secondary N) is 1. The van der Waals surface area contributed by atoms with Crippen molar-refractivity contribution in [1.29, 1.82) is 0 Å². The number of aryl methyl sites for hydroxylation is 1. The van der Waals surface area contributed by atoms with E-state index in [0.29, 0.717) is 38.4 Å². The third kappa shape index (κ3) is 4.66. The van der Waals surface area contributed by atoms with Crippen molar-refractivity contribution in [3.05, 3.63) is 66.0 Å². The van der Waals surface area contributed by atoms with Crippen LogP contribution >= 0.6 is 0 Å². The molecule has 0 aliphatic carbocycles. The first-order valence-electron chi connectivity index (χ1n) is 9.84. The van der Waals surface area contributed by atoms with Gasteiger partial charge in [-0.3, -0.25) is 14.5 Å². The second kappa shape index (κ2) is 8.96. The molecule has 4 rings (SSSR count). The Balaban J connectivity index is 1.37. The van der Waals surface area contributed by atoms with E-state index >= 15 is 0 Å². The summed E-state index contributed by atoms with van der Waals surface area (Å²) < 4.78 is 33.7. The average molecular weight is 442 g/mol. The first-order chi connectivity index (χ1) is 14.9. The predicted molar refractivity (Wildman–Crippen MR) is 114 cm³/mol. The van der Waals surface area contributed by atoms with Crippen molar-refractivity contribution in [3.8, 4) is 11.4 Å². The summed E-state index contributed by atoms with van der Waals surface area (Å²) in [7, 11) is -1.73. The van der Waals surface area contributed by atoms with E-state index < -0.39 is 10.0 Å². The van der Waals surface area contributed by atoms with Gasteiger partial charge in [0.1, 0.15) is 0 Å². The van der Waals surface area contributed by atoms with Crippen LogP contribution < -0.4 is 5.32 Å². The molecule has 1 aliphatic rings. The van der Waals surface area contributed by atoms with Crippen molar-refractivity contribution < 1.29 is 17.9 Å². The zero-order valence-corrected chi connectivity index (χ0v) is 17.9. The van der Waals surface area contributed by atoms with Crippen LogP contribution in [0.3, 0.4) is 0 Å². The van der Waals surface area contributed by atoms with Crippen LogP contribution in [0, 0.1) is 0 Å². The number of carbonyl (C=O) groups is 1. The molecule has 162 valence electrons. The van der Waals surface area contributed by atoms with Gasteiger partial charge >= 0.3 is 0 Å². The van der Waals surface area contributed by atoms with Gasteiger partial charge in [0.05, 0.1) is 29.5 Å². The van der Waals surface area contributed by atoms with Gasteiger partial charge in [-0.05, 0) is 42.0 Å². The summed E-state index contributed by atoms with van der Waals surface area (Å²) in [5, 5.41) is 6.96. The number of sulfonamides is 1. The number of benzene rings is 1. The minimum atomic E-state index is -3.58. The number of carbonyl (C=O) groups excluding carboxylic acids is 1. The number of morpholine rings is 1. The van der Waals surface area contributed by atoms with Crippen molar-refractivity contribution in [2.45, 2.75) is 11.4 Å². The molecule has 10 heteroatoms. The standard InChI is InChI=1S/C21H23N5O4S/c1-25-20(8-9-24-25)19-7-2-16(14-22-19)15-23-21(27)17-3-5-18(6-4-17)31(28,29)26-10-12-30-13-11-26/h2-9,14H,10-13,15H2,1H3,(H,23,27). The zero-order chi connectivity index (χ0) is 21.8. The van der Waals surface area contributed by atoms with Gasteiger partial charge in [-0.25, -0.2) is 8.42 Å². The molecule has 0 bridgehead atoms. The Morgan fingerprint density at radius 3 is 2.45 bits per heavy atom. The molecule has 0 radical (unpaired) electrons. The van der Waals surface area contributed by atoms with E-state index in [1.807, 2.05) is 25.2 Å². The average Bonchev–Trinajstić information content (AvgIpc) is 3.24. The van der Waals surface area contributed by atoms with Gasteiger partial charge in [-0.15, -0.1) is 0 Å². The van der Waals surface area contributed by atoms with Crippen molar-refractivity contribution in [2.75, 3.05) is 26.3 Å². The van der Waals surface area contributed by atoms with Gasteiger partial charge in [0, 0.05) is 44.6 Å². The minimum absolute atomic E-state index is 0.168. The Hall–Kier alpha value is -3.08. The Kier molecular flexibility index (Phi) is 6.12. The summed E-state index contributed by atoms with van der Waals surface area (Å²) in [4.78, 5) is 17.1. The van der Waals surface area contributed by atoms with Crippen molar-refractivity contribution in [3.63, 3.8) is 0 Å². The molecule has 0 unspecified atom stereocenters. The van der Waals surface area contributed by atoms with Crippen LogP contribution in [-0.4, -0.2) is 59.7 Å². The number of aromatic nitrogens is 3. The molecule has 1 N–H and O–H groups in total. The lowest BCUT2D eigenvalue weighted by molar-refractivity contribution is 0.0730. The smallest absolute Gasteiger partial charge is 0.251 e. The van der Waals surface area contributed by atoms with Crippen molar-refractivity contribution in [1.82, 2.24) is 24.4 Å². The molecule has 1 aromatic carbocycles. The van der Waals surface area contributed by atoms with E-state index in [-0.39, 0.29) is 10.8 Å². The molecule has 3 aromatic rings. The lowest BCUT2D eigenvalue weighted by Crippen LogP contribution is -2.40. The number of hydrogen-bond donors (Lipinski definition) is 1. The Bertz CT molecular complexity index is 1150. The fourth-order valence-electron chi connectivity index (χ4n) is 3.30. The van der Waals surface area contributed by atoms with Crippen LogP contribution in [0.15, 0.2) is 59.8 Å². The second-order valence-electron chi connectivity index (χ2n) is 7.12. The van der Waals surface area contributed by atoms with Crippen LogP contribution in [0.5, 0.6) is 0 Å². The third-order valence-corrected chi connectivity index (χ3v) is 7.00. The summed E-state index contributed by atoms with van der Waals surface area (Å²) >= 11 is 0.